The lowest BCUT2D eigenvalue weighted by Gasteiger charge is -2.40. The van der Waals surface area contributed by atoms with E-state index in [1.54, 1.807) is 12.8 Å². The molecule has 0 amide bonds. The van der Waals surface area contributed by atoms with E-state index in [9.17, 15) is 0 Å². The summed E-state index contributed by atoms with van der Waals surface area (Å²) < 4.78 is 0. The molecule has 0 spiro atoms. The summed E-state index contributed by atoms with van der Waals surface area (Å²) in [5.74, 6) is 7.98. The Bertz CT molecular complexity index is 190. The van der Waals surface area contributed by atoms with Gasteiger partial charge in [-0.05, 0) is 54.3 Å². The van der Waals surface area contributed by atoms with Gasteiger partial charge < -0.3 is 0 Å². The van der Waals surface area contributed by atoms with Crippen molar-refractivity contribution in [1.82, 2.24) is 0 Å². The van der Waals surface area contributed by atoms with Crippen molar-refractivity contribution in [3.05, 3.63) is 0 Å². The zero-order valence-electron chi connectivity index (χ0n) is 8.46. The highest BCUT2D eigenvalue weighted by atomic mass is 14.8. The molecule has 0 nitrogen and oxygen atoms in total. The molecule has 12 heavy (non-hydrogen) atoms. The van der Waals surface area contributed by atoms with E-state index in [-0.39, 0.29) is 0 Å². The molecule has 2 atom stereocenters. The van der Waals surface area contributed by atoms with Crippen LogP contribution < -0.4 is 0 Å². The van der Waals surface area contributed by atoms with Crippen LogP contribution in [0.1, 0.15) is 33.6 Å². The first-order valence-electron chi connectivity index (χ1n) is 5.70. The Balaban J connectivity index is 1.47. The molecule has 0 heterocycles. The SMILES string of the molecule is CC(C)C1CC(C2C3C(C)C23)C1. The molecule has 3 aliphatic rings. The summed E-state index contributed by atoms with van der Waals surface area (Å²) >= 11 is 0. The average molecular weight is 164 g/mol. The fourth-order valence-electron chi connectivity index (χ4n) is 3.66. The van der Waals surface area contributed by atoms with Crippen LogP contribution in [0.2, 0.25) is 0 Å². The van der Waals surface area contributed by atoms with Crippen LogP contribution in [0.3, 0.4) is 0 Å². The maximum atomic E-state index is 2.43. The fraction of sp³-hybridized carbons (Fsp3) is 1.00. The van der Waals surface area contributed by atoms with E-state index in [0.717, 1.165) is 17.8 Å². The Labute approximate surface area is 75.7 Å². The monoisotopic (exact) mass is 164 g/mol. The summed E-state index contributed by atoms with van der Waals surface area (Å²) in [6.45, 7) is 7.21. The number of hydrogen-bond acceptors (Lipinski definition) is 0. The zero-order chi connectivity index (χ0) is 8.46. The molecule has 0 aliphatic heterocycles. The van der Waals surface area contributed by atoms with Crippen molar-refractivity contribution in [2.45, 2.75) is 33.6 Å². The summed E-state index contributed by atoms with van der Waals surface area (Å²) in [6, 6.07) is 0. The first-order valence-corrected chi connectivity index (χ1v) is 5.70. The van der Waals surface area contributed by atoms with E-state index in [4.69, 9.17) is 0 Å². The Morgan fingerprint density at radius 1 is 1.00 bits per heavy atom. The van der Waals surface area contributed by atoms with Gasteiger partial charge in [-0.3, -0.25) is 0 Å². The third-order valence-electron chi connectivity index (χ3n) is 4.96. The van der Waals surface area contributed by atoms with Crippen molar-refractivity contribution in [3.63, 3.8) is 0 Å². The second kappa shape index (κ2) is 2.08. The van der Waals surface area contributed by atoms with Crippen molar-refractivity contribution in [3.8, 4) is 0 Å². The lowest BCUT2D eigenvalue weighted by Crippen LogP contribution is -2.31. The first kappa shape index (κ1) is 7.41. The van der Waals surface area contributed by atoms with Crippen molar-refractivity contribution in [2.24, 2.45) is 41.4 Å². The molecular formula is C12H20. The van der Waals surface area contributed by atoms with Gasteiger partial charge >= 0.3 is 0 Å². The van der Waals surface area contributed by atoms with Crippen LogP contribution >= 0.6 is 0 Å². The molecule has 0 aromatic rings. The summed E-state index contributed by atoms with van der Waals surface area (Å²) in [5, 5.41) is 0. The third kappa shape index (κ3) is 0.791. The maximum absolute atomic E-state index is 2.43. The highest BCUT2D eigenvalue weighted by Gasteiger charge is 2.73. The third-order valence-corrected chi connectivity index (χ3v) is 4.96. The molecule has 68 valence electrons. The molecule has 3 aliphatic carbocycles. The Morgan fingerprint density at radius 2 is 1.58 bits per heavy atom. The van der Waals surface area contributed by atoms with Gasteiger partial charge in [0.05, 0.1) is 0 Å². The fourth-order valence-corrected chi connectivity index (χ4v) is 3.66. The van der Waals surface area contributed by atoms with E-state index in [1.807, 2.05) is 0 Å². The van der Waals surface area contributed by atoms with Gasteiger partial charge in [0.25, 0.3) is 0 Å². The average Bonchev–Trinajstić information content (AvgIpc) is 2.72. The predicted molar refractivity (Wildman–Crippen MR) is 50.7 cm³/mol. The van der Waals surface area contributed by atoms with Gasteiger partial charge in [-0.2, -0.15) is 0 Å². The van der Waals surface area contributed by atoms with Gasteiger partial charge in [0.2, 0.25) is 0 Å². The molecule has 3 rings (SSSR count). The maximum Gasteiger partial charge on any atom is -0.0318 e. The Morgan fingerprint density at radius 3 is 2.00 bits per heavy atom. The molecular weight excluding hydrogens is 144 g/mol. The van der Waals surface area contributed by atoms with Crippen LogP contribution in [-0.4, -0.2) is 0 Å². The minimum Gasteiger partial charge on any atom is -0.0625 e. The normalized spacial score (nSPS) is 61.0. The van der Waals surface area contributed by atoms with Gasteiger partial charge in [-0.25, -0.2) is 0 Å². The van der Waals surface area contributed by atoms with Crippen LogP contribution in [0, 0.1) is 41.4 Å². The van der Waals surface area contributed by atoms with E-state index >= 15 is 0 Å². The quantitative estimate of drug-likeness (QED) is 0.588. The molecule has 0 bridgehead atoms. The van der Waals surface area contributed by atoms with Crippen LogP contribution in [-0.2, 0) is 0 Å². The van der Waals surface area contributed by atoms with E-state index in [1.165, 1.54) is 23.7 Å². The zero-order valence-corrected chi connectivity index (χ0v) is 8.46. The Kier molecular flexibility index (Phi) is 1.28. The minimum absolute atomic E-state index is 0.953. The summed E-state index contributed by atoms with van der Waals surface area (Å²) in [5.41, 5.74) is 0. The molecule has 0 saturated heterocycles. The van der Waals surface area contributed by atoms with Gasteiger partial charge in [0.1, 0.15) is 0 Å². The van der Waals surface area contributed by atoms with E-state index in [0.29, 0.717) is 0 Å². The molecule has 0 heteroatoms. The van der Waals surface area contributed by atoms with Crippen LogP contribution in [0.15, 0.2) is 0 Å². The standard InChI is InChI=1S/C12H20/c1-6(2)8-4-9(5-8)12-10-7(3)11(10)12/h6-12H,4-5H2,1-3H3. The Hall–Kier alpha value is 0. The van der Waals surface area contributed by atoms with Crippen LogP contribution in [0.5, 0.6) is 0 Å². The van der Waals surface area contributed by atoms with E-state index in [2.05, 4.69) is 20.8 Å². The smallest absolute Gasteiger partial charge is 0.0318 e. The molecule has 0 radical (unpaired) electrons. The lowest BCUT2D eigenvalue weighted by molar-refractivity contribution is 0.0982. The number of fused-ring (bicyclic) bond motifs is 1. The number of hydrogen-bond donors (Lipinski definition) is 0. The predicted octanol–water partition coefficient (Wildman–Crippen LogP) is 3.18. The van der Waals surface area contributed by atoms with Crippen LogP contribution in [0.4, 0.5) is 0 Å². The van der Waals surface area contributed by atoms with Crippen molar-refractivity contribution >= 4 is 0 Å². The second-order valence-electron chi connectivity index (χ2n) is 5.83. The van der Waals surface area contributed by atoms with Gasteiger partial charge in [0, 0.05) is 0 Å². The van der Waals surface area contributed by atoms with Crippen molar-refractivity contribution in [1.29, 1.82) is 0 Å². The van der Waals surface area contributed by atoms with Gasteiger partial charge in [-0.15, -0.1) is 0 Å². The van der Waals surface area contributed by atoms with Crippen molar-refractivity contribution in [2.75, 3.05) is 0 Å². The summed E-state index contributed by atoms with van der Waals surface area (Å²) in [4.78, 5) is 0. The van der Waals surface area contributed by atoms with Gasteiger partial charge in [0.15, 0.2) is 0 Å². The van der Waals surface area contributed by atoms with Gasteiger partial charge in [-0.1, -0.05) is 20.8 Å². The minimum atomic E-state index is 0.953. The lowest BCUT2D eigenvalue weighted by atomic mass is 9.65. The number of rotatable bonds is 2. The first-order chi connectivity index (χ1) is 5.70. The molecule has 0 aromatic heterocycles. The summed E-state index contributed by atoms with van der Waals surface area (Å²) in [7, 11) is 0. The molecule has 2 unspecified atom stereocenters. The molecule has 0 N–H and O–H groups in total. The highest BCUT2D eigenvalue weighted by Crippen LogP contribution is 2.77. The molecule has 0 aromatic carbocycles. The largest absolute Gasteiger partial charge is 0.0625 e. The summed E-state index contributed by atoms with van der Waals surface area (Å²) in [6.07, 6.45) is 3.14. The second-order valence-corrected chi connectivity index (χ2v) is 5.83. The molecule has 3 fully saturated rings. The topological polar surface area (TPSA) is 0 Å². The van der Waals surface area contributed by atoms with Crippen LogP contribution in [0.25, 0.3) is 0 Å². The molecule has 3 saturated carbocycles. The highest BCUT2D eigenvalue weighted by molar-refractivity contribution is 5.20. The van der Waals surface area contributed by atoms with E-state index < -0.39 is 0 Å². The van der Waals surface area contributed by atoms with Crippen molar-refractivity contribution < 1.29 is 0 Å².